The highest BCUT2D eigenvalue weighted by atomic mass is 16.1. The van der Waals surface area contributed by atoms with Crippen LogP contribution in [-0.4, -0.2) is 6.79 Å². The SMILES string of the molecule is C=O.c1ccc2c(c1)C2. The van der Waals surface area contributed by atoms with Crippen molar-refractivity contribution in [3.63, 3.8) is 0 Å². The molecule has 1 heteroatoms. The lowest BCUT2D eigenvalue weighted by molar-refractivity contribution is -0.0979. The molecular formula is C8H8O. The summed E-state index contributed by atoms with van der Waals surface area (Å²) in [6.07, 6.45) is 1.24. The van der Waals surface area contributed by atoms with E-state index in [0.717, 1.165) is 0 Å². The molecular weight excluding hydrogens is 112 g/mol. The van der Waals surface area contributed by atoms with Crippen LogP contribution in [-0.2, 0) is 11.2 Å². The van der Waals surface area contributed by atoms with Crippen molar-refractivity contribution in [3.05, 3.63) is 35.4 Å². The molecule has 0 bridgehead atoms. The van der Waals surface area contributed by atoms with Gasteiger partial charge in [0.25, 0.3) is 0 Å². The van der Waals surface area contributed by atoms with Gasteiger partial charge in [-0.25, -0.2) is 0 Å². The molecule has 0 amide bonds. The maximum absolute atomic E-state index is 8.00. The average molecular weight is 120 g/mol. The minimum atomic E-state index is 1.24. The zero-order valence-corrected chi connectivity index (χ0v) is 5.13. The standard InChI is InChI=1S/C7H6.CH2O/c1-2-4-7-5-6(7)3-1;1-2/h1-4H,5H2;1H2. The predicted octanol–water partition coefficient (Wildman–Crippen LogP) is 1.41. The third-order valence-electron chi connectivity index (χ3n) is 1.37. The molecule has 46 valence electrons. The van der Waals surface area contributed by atoms with Crippen molar-refractivity contribution >= 4 is 6.79 Å². The predicted molar refractivity (Wildman–Crippen MR) is 36.4 cm³/mol. The normalized spacial score (nSPS) is 10.7. The molecule has 0 aliphatic heterocycles. The summed E-state index contributed by atoms with van der Waals surface area (Å²) in [5, 5.41) is 0. The van der Waals surface area contributed by atoms with Gasteiger partial charge in [-0.2, -0.15) is 0 Å². The molecule has 0 fully saturated rings. The van der Waals surface area contributed by atoms with Gasteiger partial charge in [-0.05, 0) is 17.5 Å². The summed E-state index contributed by atoms with van der Waals surface area (Å²) in [5.41, 5.74) is 3.06. The van der Waals surface area contributed by atoms with Gasteiger partial charge in [0.2, 0.25) is 0 Å². The second kappa shape index (κ2) is 2.44. The van der Waals surface area contributed by atoms with E-state index in [-0.39, 0.29) is 0 Å². The van der Waals surface area contributed by atoms with Crippen LogP contribution in [0.4, 0.5) is 0 Å². The number of hydrogen-bond donors (Lipinski definition) is 0. The Morgan fingerprint density at radius 1 is 1.11 bits per heavy atom. The monoisotopic (exact) mass is 120 g/mol. The summed E-state index contributed by atoms with van der Waals surface area (Å²) in [5.74, 6) is 0. The van der Waals surface area contributed by atoms with E-state index in [0.29, 0.717) is 0 Å². The first kappa shape index (κ1) is 6.02. The second-order valence-electron chi connectivity index (χ2n) is 1.95. The van der Waals surface area contributed by atoms with Gasteiger partial charge >= 0.3 is 0 Å². The van der Waals surface area contributed by atoms with Crippen molar-refractivity contribution in [2.45, 2.75) is 6.42 Å². The minimum absolute atomic E-state index is 1.24. The van der Waals surface area contributed by atoms with Crippen molar-refractivity contribution in [3.8, 4) is 0 Å². The Morgan fingerprint density at radius 3 is 1.89 bits per heavy atom. The number of rotatable bonds is 0. The van der Waals surface area contributed by atoms with E-state index in [1.807, 2.05) is 6.79 Å². The Balaban J connectivity index is 0.000000186. The number of fused-ring (bicyclic) bond motifs is 1. The van der Waals surface area contributed by atoms with Crippen LogP contribution in [0.15, 0.2) is 24.3 Å². The van der Waals surface area contributed by atoms with E-state index in [4.69, 9.17) is 4.79 Å². The summed E-state index contributed by atoms with van der Waals surface area (Å²) in [7, 11) is 0. The van der Waals surface area contributed by atoms with Gasteiger partial charge in [0, 0.05) is 0 Å². The number of hydrogen-bond acceptors (Lipinski definition) is 1. The highest BCUT2D eigenvalue weighted by molar-refractivity contribution is 5.44. The van der Waals surface area contributed by atoms with Crippen LogP contribution in [0.2, 0.25) is 0 Å². The second-order valence-corrected chi connectivity index (χ2v) is 1.95. The Bertz CT molecular complexity index is 184. The lowest BCUT2D eigenvalue weighted by Crippen LogP contribution is -1.48. The fraction of sp³-hybridized carbons (Fsp3) is 0.125. The molecule has 1 aliphatic rings. The zero-order chi connectivity index (χ0) is 6.69. The minimum Gasteiger partial charge on any atom is -0.307 e. The number of carbonyl (C=O) groups excluding carboxylic acids is 1. The summed E-state index contributed by atoms with van der Waals surface area (Å²) in [6, 6.07) is 8.53. The highest BCUT2D eigenvalue weighted by Crippen LogP contribution is 2.25. The highest BCUT2D eigenvalue weighted by Gasteiger charge is 2.12. The van der Waals surface area contributed by atoms with E-state index in [9.17, 15) is 0 Å². The first-order chi connectivity index (χ1) is 4.47. The molecule has 0 saturated heterocycles. The quantitative estimate of drug-likeness (QED) is 0.513. The lowest BCUT2D eigenvalue weighted by Gasteiger charge is -1.69. The summed E-state index contributed by atoms with van der Waals surface area (Å²) in [4.78, 5) is 8.00. The van der Waals surface area contributed by atoms with E-state index in [1.165, 1.54) is 17.5 Å². The molecule has 0 saturated carbocycles. The number of benzene rings is 1. The Morgan fingerprint density at radius 2 is 1.56 bits per heavy atom. The molecule has 0 spiro atoms. The smallest absolute Gasteiger partial charge is 0.106 e. The Kier molecular flexibility index (Phi) is 1.63. The van der Waals surface area contributed by atoms with E-state index >= 15 is 0 Å². The molecule has 0 atom stereocenters. The van der Waals surface area contributed by atoms with Gasteiger partial charge in [-0.15, -0.1) is 0 Å². The molecule has 0 heterocycles. The van der Waals surface area contributed by atoms with E-state index in [1.54, 1.807) is 0 Å². The third kappa shape index (κ3) is 1.17. The van der Waals surface area contributed by atoms with Crippen LogP contribution < -0.4 is 0 Å². The van der Waals surface area contributed by atoms with Crippen molar-refractivity contribution in [2.24, 2.45) is 0 Å². The fourth-order valence-electron chi connectivity index (χ4n) is 0.836. The van der Waals surface area contributed by atoms with Crippen LogP contribution in [0.25, 0.3) is 0 Å². The summed E-state index contributed by atoms with van der Waals surface area (Å²) < 4.78 is 0. The first-order valence-corrected chi connectivity index (χ1v) is 2.82. The van der Waals surface area contributed by atoms with Crippen molar-refractivity contribution in [2.75, 3.05) is 0 Å². The van der Waals surface area contributed by atoms with Gasteiger partial charge in [0.1, 0.15) is 6.79 Å². The van der Waals surface area contributed by atoms with Crippen LogP contribution in [0.5, 0.6) is 0 Å². The van der Waals surface area contributed by atoms with Crippen molar-refractivity contribution < 1.29 is 4.79 Å². The first-order valence-electron chi connectivity index (χ1n) is 2.82. The van der Waals surface area contributed by atoms with Crippen LogP contribution in [0.1, 0.15) is 11.1 Å². The Labute approximate surface area is 54.3 Å². The van der Waals surface area contributed by atoms with Crippen molar-refractivity contribution in [1.82, 2.24) is 0 Å². The zero-order valence-electron chi connectivity index (χ0n) is 5.13. The number of carbonyl (C=O) groups is 1. The fourth-order valence-corrected chi connectivity index (χ4v) is 0.836. The maximum atomic E-state index is 8.00. The van der Waals surface area contributed by atoms with Gasteiger partial charge in [0.15, 0.2) is 0 Å². The lowest BCUT2D eigenvalue weighted by atomic mass is 10.4. The summed E-state index contributed by atoms with van der Waals surface area (Å²) in [6.45, 7) is 2.00. The molecule has 0 N–H and O–H groups in total. The molecule has 1 aromatic carbocycles. The van der Waals surface area contributed by atoms with E-state index < -0.39 is 0 Å². The molecule has 0 radical (unpaired) electrons. The molecule has 1 nitrogen and oxygen atoms in total. The molecule has 1 aliphatic carbocycles. The topological polar surface area (TPSA) is 17.1 Å². The molecule has 0 unspecified atom stereocenters. The Hall–Kier alpha value is -1.11. The molecule has 0 aromatic heterocycles. The maximum Gasteiger partial charge on any atom is 0.106 e. The summed E-state index contributed by atoms with van der Waals surface area (Å²) >= 11 is 0. The molecule has 2 rings (SSSR count). The largest absolute Gasteiger partial charge is 0.307 e. The molecule has 1 aromatic rings. The van der Waals surface area contributed by atoms with Crippen LogP contribution in [0.3, 0.4) is 0 Å². The molecule has 9 heavy (non-hydrogen) atoms. The van der Waals surface area contributed by atoms with Gasteiger partial charge in [0.05, 0.1) is 0 Å². The van der Waals surface area contributed by atoms with Gasteiger partial charge < -0.3 is 4.79 Å². The van der Waals surface area contributed by atoms with Crippen molar-refractivity contribution in [1.29, 1.82) is 0 Å². The van der Waals surface area contributed by atoms with Crippen LogP contribution >= 0.6 is 0 Å². The van der Waals surface area contributed by atoms with Crippen LogP contribution in [0, 0.1) is 0 Å². The van der Waals surface area contributed by atoms with E-state index in [2.05, 4.69) is 24.3 Å². The van der Waals surface area contributed by atoms with Gasteiger partial charge in [-0.3, -0.25) is 0 Å². The van der Waals surface area contributed by atoms with Gasteiger partial charge in [-0.1, -0.05) is 24.3 Å². The third-order valence-corrected chi connectivity index (χ3v) is 1.37. The average Bonchev–Trinajstić information content (AvgIpc) is 2.69.